The predicted molar refractivity (Wildman–Crippen MR) is 66.7 cm³/mol. The molecule has 0 radical (unpaired) electrons. The van der Waals surface area contributed by atoms with Gasteiger partial charge in [-0.15, -0.1) is 0 Å². The van der Waals surface area contributed by atoms with Crippen molar-refractivity contribution < 1.29 is 13.9 Å². The molecule has 1 aliphatic rings. The molecule has 0 bridgehead atoms. The van der Waals surface area contributed by atoms with E-state index in [-0.39, 0.29) is 23.7 Å². The molecule has 2 atom stereocenters. The molecule has 4 nitrogen and oxygen atoms in total. The van der Waals surface area contributed by atoms with Crippen molar-refractivity contribution >= 4 is 11.6 Å². The summed E-state index contributed by atoms with van der Waals surface area (Å²) in [6, 6.07) is 3.87. The number of nitrogen functional groups attached to an aromatic ring is 1. The first kappa shape index (κ1) is 12.8. The Hall–Kier alpha value is -1.62. The maximum absolute atomic E-state index is 13.0. The Labute approximate surface area is 106 Å². The van der Waals surface area contributed by atoms with Crippen molar-refractivity contribution in [3.05, 3.63) is 29.6 Å². The van der Waals surface area contributed by atoms with Crippen LogP contribution in [-0.2, 0) is 4.74 Å². The first-order chi connectivity index (χ1) is 8.50. The van der Waals surface area contributed by atoms with Crippen molar-refractivity contribution in [3.63, 3.8) is 0 Å². The molecular formula is C13H17FN2O2. The van der Waals surface area contributed by atoms with Crippen LogP contribution in [0.4, 0.5) is 10.1 Å². The van der Waals surface area contributed by atoms with Crippen molar-refractivity contribution in [1.29, 1.82) is 0 Å². The second-order valence-corrected chi connectivity index (χ2v) is 4.58. The topological polar surface area (TPSA) is 55.6 Å². The molecule has 1 aromatic rings. The van der Waals surface area contributed by atoms with Gasteiger partial charge in [0.2, 0.25) is 0 Å². The van der Waals surface area contributed by atoms with Crippen LogP contribution >= 0.6 is 0 Å². The van der Waals surface area contributed by atoms with Crippen LogP contribution in [0.1, 0.15) is 23.7 Å². The van der Waals surface area contributed by atoms with Crippen LogP contribution in [-0.4, -0.2) is 36.6 Å². The van der Waals surface area contributed by atoms with E-state index >= 15 is 0 Å². The van der Waals surface area contributed by atoms with E-state index in [1.54, 1.807) is 11.9 Å². The number of likely N-dealkylation sites (N-methyl/N-ethyl adjacent to an activating group) is 1. The molecule has 1 amide bonds. The van der Waals surface area contributed by atoms with Gasteiger partial charge < -0.3 is 15.4 Å². The van der Waals surface area contributed by atoms with Gasteiger partial charge in [0, 0.05) is 19.3 Å². The first-order valence-corrected chi connectivity index (χ1v) is 5.94. The molecule has 5 heteroatoms. The maximum atomic E-state index is 13.0. The van der Waals surface area contributed by atoms with Crippen LogP contribution < -0.4 is 5.73 Å². The van der Waals surface area contributed by atoms with Crippen molar-refractivity contribution in [3.8, 4) is 0 Å². The first-order valence-electron chi connectivity index (χ1n) is 5.94. The molecule has 1 aromatic carbocycles. The molecule has 2 N–H and O–H groups in total. The molecule has 1 aliphatic heterocycles. The lowest BCUT2D eigenvalue weighted by Crippen LogP contribution is -2.41. The van der Waals surface area contributed by atoms with E-state index < -0.39 is 5.82 Å². The summed E-state index contributed by atoms with van der Waals surface area (Å²) in [5.74, 6) is -0.640. The lowest BCUT2D eigenvalue weighted by molar-refractivity contribution is 0.0575. The minimum absolute atomic E-state index is 0.0145. The third kappa shape index (κ3) is 2.31. The third-order valence-electron chi connectivity index (χ3n) is 3.40. The van der Waals surface area contributed by atoms with Gasteiger partial charge in [0.05, 0.1) is 17.7 Å². The highest BCUT2D eigenvalue weighted by atomic mass is 19.1. The van der Waals surface area contributed by atoms with Crippen LogP contribution in [0.5, 0.6) is 0 Å². The number of hydrogen-bond donors (Lipinski definition) is 1. The number of nitrogens with zero attached hydrogens (tertiary/aromatic N) is 1. The van der Waals surface area contributed by atoms with Gasteiger partial charge in [-0.05, 0) is 31.5 Å². The lowest BCUT2D eigenvalue weighted by atomic mass is 10.1. The lowest BCUT2D eigenvalue weighted by Gasteiger charge is -2.27. The number of benzene rings is 1. The number of carbonyl (C=O) groups excluding carboxylic acids is 1. The molecule has 1 saturated heterocycles. The third-order valence-corrected chi connectivity index (χ3v) is 3.40. The summed E-state index contributed by atoms with van der Waals surface area (Å²) in [5.41, 5.74) is 6.17. The standard InChI is InChI=1S/C13H17FN2O2/c1-8-12(5-6-18-8)16(2)13(17)10-4-3-9(14)7-11(10)15/h3-4,7-8,12H,5-6,15H2,1-2H3. The summed E-state index contributed by atoms with van der Waals surface area (Å²) in [4.78, 5) is 13.9. The highest BCUT2D eigenvalue weighted by Gasteiger charge is 2.31. The second kappa shape index (κ2) is 4.94. The summed E-state index contributed by atoms with van der Waals surface area (Å²) in [6.45, 7) is 2.60. The molecule has 2 rings (SSSR count). The van der Waals surface area contributed by atoms with E-state index in [2.05, 4.69) is 0 Å². The number of amides is 1. The van der Waals surface area contributed by atoms with E-state index in [1.807, 2.05) is 6.92 Å². The van der Waals surface area contributed by atoms with Gasteiger partial charge in [-0.2, -0.15) is 0 Å². The highest BCUT2D eigenvalue weighted by molar-refractivity contribution is 5.99. The van der Waals surface area contributed by atoms with Crippen LogP contribution in [0.25, 0.3) is 0 Å². The number of ether oxygens (including phenoxy) is 1. The Bertz CT molecular complexity index is 464. The molecular weight excluding hydrogens is 235 g/mol. The molecule has 1 heterocycles. The fraction of sp³-hybridized carbons (Fsp3) is 0.462. The van der Waals surface area contributed by atoms with Crippen LogP contribution in [0.15, 0.2) is 18.2 Å². The average molecular weight is 252 g/mol. The molecule has 98 valence electrons. The second-order valence-electron chi connectivity index (χ2n) is 4.58. The average Bonchev–Trinajstić information content (AvgIpc) is 2.74. The Balaban J connectivity index is 2.20. The maximum Gasteiger partial charge on any atom is 0.256 e. The fourth-order valence-electron chi connectivity index (χ4n) is 2.30. The largest absolute Gasteiger partial charge is 0.398 e. The SMILES string of the molecule is CC1OCCC1N(C)C(=O)c1ccc(F)cc1N. The summed E-state index contributed by atoms with van der Waals surface area (Å²) >= 11 is 0. The fourth-order valence-corrected chi connectivity index (χ4v) is 2.30. The number of halogens is 1. The monoisotopic (exact) mass is 252 g/mol. The summed E-state index contributed by atoms with van der Waals surface area (Å²) in [7, 11) is 1.72. The molecule has 0 aromatic heterocycles. The molecule has 1 fully saturated rings. The molecule has 0 spiro atoms. The molecule has 0 aliphatic carbocycles. The van der Waals surface area contributed by atoms with Crippen LogP contribution in [0, 0.1) is 5.82 Å². The summed E-state index contributed by atoms with van der Waals surface area (Å²) in [5, 5.41) is 0. The van der Waals surface area contributed by atoms with E-state index in [9.17, 15) is 9.18 Å². The Morgan fingerprint density at radius 1 is 1.56 bits per heavy atom. The van der Waals surface area contributed by atoms with Gasteiger partial charge in [0.15, 0.2) is 0 Å². The Morgan fingerprint density at radius 2 is 2.28 bits per heavy atom. The van der Waals surface area contributed by atoms with Crippen molar-refractivity contribution in [1.82, 2.24) is 4.90 Å². The minimum Gasteiger partial charge on any atom is -0.398 e. The quantitative estimate of drug-likeness (QED) is 0.814. The number of nitrogens with two attached hydrogens (primary N) is 1. The van der Waals surface area contributed by atoms with Gasteiger partial charge >= 0.3 is 0 Å². The van der Waals surface area contributed by atoms with Gasteiger partial charge in [0.1, 0.15) is 5.82 Å². The predicted octanol–water partition coefficient (Wildman–Crippen LogP) is 1.66. The van der Waals surface area contributed by atoms with Gasteiger partial charge in [-0.1, -0.05) is 0 Å². The number of hydrogen-bond acceptors (Lipinski definition) is 3. The number of carbonyl (C=O) groups is 1. The normalized spacial score (nSPS) is 23.1. The van der Waals surface area contributed by atoms with E-state index in [0.29, 0.717) is 12.2 Å². The van der Waals surface area contributed by atoms with Crippen LogP contribution in [0.3, 0.4) is 0 Å². The van der Waals surface area contributed by atoms with Gasteiger partial charge in [-0.25, -0.2) is 4.39 Å². The van der Waals surface area contributed by atoms with Gasteiger partial charge in [-0.3, -0.25) is 4.79 Å². The molecule has 0 saturated carbocycles. The number of anilines is 1. The van der Waals surface area contributed by atoms with Crippen molar-refractivity contribution in [2.45, 2.75) is 25.5 Å². The van der Waals surface area contributed by atoms with Crippen molar-refractivity contribution in [2.75, 3.05) is 19.4 Å². The van der Waals surface area contributed by atoms with E-state index in [4.69, 9.17) is 10.5 Å². The van der Waals surface area contributed by atoms with E-state index in [1.165, 1.54) is 12.1 Å². The van der Waals surface area contributed by atoms with Crippen molar-refractivity contribution in [2.24, 2.45) is 0 Å². The smallest absolute Gasteiger partial charge is 0.256 e. The zero-order chi connectivity index (χ0) is 13.3. The minimum atomic E-state index is -0.440. The summed E-state index contributed by atoms with van der Waals surface area (Å²) < 4.78 is 18.4. The van der Waals surface area contributed by atoms with Crippen LogP contribution in [0.2, 0.25) is 0 Å². The van der Waals surface area contributed by atoms with Gasteiger partial charge in [0.25, 0.3) is 5.91 Å². The zero-order valence-corrected chi connectivity index (χ0v) is 10.5. The highest BCUT2D eigenvalue weighted by Crippen LogP contribution is 2.22. The zero-order valence-electron chi connectivity index (χ0n) is 10.5. The molecule has 2 unspecified atom stereocenters. The van der Waals surface area contributed by atoms with E-state index in [0.717, 1.165) is 12.5 Å². The number of rotatable bonds is 2. The summed E-state index contributed by atoms with van der Waals surface area (Å²) in [6.07, 6.45) is 0.824. The Kier molecular flexibility index (Phi) is 3.52. The Morgan fingerprint density at radius 3 is 2.83 bits per heavy atom. The molecule has 18 heavy (non-hydrogen) atoms.